The zero-order valence-electron chi connectivity index (χ0n) is 16.1. The van der Waals surface area contributed by atoms with Gasteiger partial charge >= 0.3 is 0 Å². The predicted octanol–water partition coefficient (Wildman–Crippen LogP) is 0.469. The summed E-state index contributed by atoms with van der Waals surface area (Å²) in [6.07, 6.45) is -3.86. The number of aliphatic hydroxyl groups is 5. The highest BCUT2D eigenvalue weighted by molar-refractivity contribution is 5.24. The zero-order chi connectivity index (χ0) is 19.6. The van der Waals surface area contributed by atoms with Gasteiger partial charge in [-0.3, -0.25) is 0 Å². The first-order valence-corrected chi connectivity index (χ1v) is 9.40. The van der Waals surface area contributed by atoms with Crippen LogP contribution in [0.1, 0.15) is 53.4 Å². The molecule has 1 aliphatic heterocycles. The Morgan fingerprint density at radius 2 is 1.85 bits per heavy atom. The molecular formula is C19H34O7. The molecular weight excluding hydrogens is 340 g/mol. The van der Waals surface area contributed by atoms with Crippen molar-refractivity contribution in [3.63, 3.8) is 0 Å². The summed E-state index contributed by atoms with van der Waals surface area (Å²) >= 11 is 0. The molecule has 0 bridgehead atoms. The first-order chi connectivity index (χ1) is 12.1. The standard InChI is InChI=1S/C19H34O7/c1-10-7-12(8-19(3,4)13(10)6-5-11(2)21)25-18-17(24)16(23)15(22)14(9-20)26-18/h11-12,14-18,20-24H,5-9H2,1-4H3/t11-,12-,14+,15+,16-,17+,18+/m0/s1. The van der Waals surface area contributed by atoms with Crippen LogP contribution in [-0.4, -0.2) is 75.1 Å². The Hall–Kier alpha value is -0.540. The molecule has 0 spiro atoms. The quantitative estimate of drug-likeness (QED) is 0.429. The van der Waals surface area contributed by atoms with E-state index in [0.717, 1.165) is 6.42 Å². The smallest absolute Gasteiger partial charge is 0.186 e. The van der Waals surface area contributed by atoms with E-state index in [1.807, 2.05) is 0 Å². The number of hydrogen-bond acceptors (Lipinski definition) is 7. The number of allylic oxidation sites excluding steroid dienone is 1. The number of ether oxygens (including phenoxy) is 2. The molecule has 5 N–H and O–H groups in total. The van der Waals surface area contributed by atoms with Crippen LogP contribution in [0.2, 0.25) is 0 Å². The zero-order valence-corrected chi connectivity index (χ0v) is 16.1. The van der Waals surface area contributed by atoms with Crippen LogP contribution in [0.5, 0.6) is 0 Å². The van der Waals surface area contributed by atoms with Crippen molar-refractivity contribution >= 4 is 0 Å². The van der Waals surface area contributed by atoms with Gasteiger partial charge in [-0.1, -0.05) is 25.0 Å². The molecule has 0 amide bonds. The molecule has 1 saturated heterocycles. The van der Waals surface area contributed by atoms with Gasteiger partial charge in [0.1, 0.15) is 24.4 Å². The molecule has 7 heteroatoms. The third-order valence-electron chi connectivity index (χ3n) is 5.59. The van der Waals surface area contributed by atoms with Crippen molar-refractivity contribution in [1.29, 1.82) is 0 Å². The second kappa shape index (κ2) is 8.65. The van der Waals surface area contributed by atoms with Crippen LogP contribution in [0.25, 0.3) is 0 Å². The van der Waals surface area contributed by atoms with Gasteiger partial charge in [0.05, 0.1) is 18.8 Å². The highest BCUT2D eigenvalue weighted by Gasteiger charge is 2.45. The first kappa shape index (κ1) is 21.8. The first-order valence-electron chi connectivity index (χ1n) is 9.40. The molecule has 0 saturated carbocycles. The number of hydrogen-bond donors (Lipinski definition) is 5. The van der Waals surface area contributed by atoms with Gasteiger partial charge in [-0.2, -0.15) is 0 Å². The van der Waals surface area contributed by atoms with E-state index in [4.69, 9.17) is 9.47 Å². The molecule has 2 aliphatic rings. The fourth-order valence-corrected chi connectivity index (χ4v) is 4.18. The van der Waals surface area contributed by atoms with E-state index in [1.54, 1.807) is 6.92 Å². The van der Waals surface area contributed by atoms with E-state index in [-0.39, 0.29) is 17.6 Å². The molecule has 1 heterocycles. The molecule has 0 aromatic heterocycles. The Balaban J connectivity index is 2.07. The second-order valence-corrected chi connectivity index (χ2v) is 8.39. The van der Waals surface area contributed by atoms with Crippen LogP contribution in [0.15, 0.2) is 11.1 Å². The monoisotopic (exact) mass is 374 g/mol. The second-order valence-electron chi connectivity index (χ2n) is 8.39. The summed E-state index contributed by atoms with van der Waals surface area (Å²) in [7, 11) is 0. The largest absolute Gasteiger partial charge is 0.394 e. The van der Waals surface area contributed by atoms with Gasteiger partial charge in [-0.15, -0.1) is 0 Å². The SMILES string of the molecule is CC1=C(CC[C@H](C)O)C(C)(C)C[C@@H](O[C@@H]2O[C@H](CO)[C@@H](O)[C@H](O)[C@H]2O)C1. The van der Waals surface area contributed by atoms with E-state index in [2.05, 4.69) is 20.8 Å². The summed E-state index contributed by atoms with van der Waals surface area (Å²) in [5, 5.41) is 48.8. The van der Waals surface area contributed by atoms with Crippen LogP contribution >= 0.6 is 0 Å². The van der Waals surface area contributed by atoms with Crippen molar-refractivity contribution in [2.24, 2.45) is 5.41 Å². The van der Waals surface area contributed by atoms with Gasteiger partial charge < -0.3 is 35.0 Å². The molecule has 0 aromatic rings. The van der Waals surface area contributed by atoms with Crippen molar-refractivity contribution in [2.75, 3.05) is 6.61 Å². The van der Waals surface area contributed by atoms with Crippen molar-refractivity contribution in [3.8, 4) is 0 Å². The minimum atomic E-state index is -1.43. The Labute approximate surface area is 155 Å². The summed E-state index contributed by atoms with van der Waals surface area (Å²) < 4.78 is 11.4. The summed E-state index contributed by atoms with van der Waals surface area (Å²) in [5.74, 6) is 0. The number of rotatable bonds is 6. The van der Waals surface area contributed by atoms with Gasteiger partial charge in [-0.25, -0.2) is 0 Å². The molecule has 26 heavy (non-hydrogen) atoms. The average Bonchev–Trinajstić information content (AvgIpc) is 2.53. The van der Waals surface area contributed by atoms with E-state index in [9.17, 15) is 25.5 Å². The summed E-state index contributed by atoms with van der Waals surface area (Å²) in [6, 6.07) is 0. The van der Waals surface area contributed by atoms with Gasteiger partial charge in [-0.05, 0) is 44.9 Å². The van der Waals surface area contributed by atoms with Crippen molar-refractivity contribution in [1.82, 2.24) is 0 Å². The lowest BCUT2D eigenvalue weighted by atomic mass is 9.70. The van der Waals surface area contributed by atoms with Crippen LogP contribution in [-0.2, 0) is 9.47 Å². The summed E-state index contributed by atoms with van der Waals surface area (Å²) in [5.41, 5.74) is 2.42. The van der Waals surface area contributed by atoms with Gasteiger partial charge in [0.2, 0.25) is 0 Å². The van der Waals surface area contributed by atoms with Gasteiger partial charge in [0.15, 0.2) is 6.29 Å². The maximum Gasteiger partial charge on any atom is 0.186 e. The van der Waals surface area contributed by atoms with Crippen LogP contribution in [0.3, 0.4) is 0 Å². The fraction of sp³-hybridized carbons (Fsp3) is 0.895. The highest BCUT2D eigenvalue weighted by Crippen LogP contribution is 2.44. The lowest BCUT2D eigenvalue weighted by Gasteiger charge is -2.44. The van der Waals surface area contributed by atoms with E-state index < -0.39 is 37.3 Å². The van der Waals surface area contributed by atoms with Crippen LogP contribution in [0.4, 0.5) is 0 Å². The predicted molar refractivity (Wildman–Crippen MR) is 95.3 cm³/mol. The Morgan fingerprint density at radius 1 is 1.19 bits per heavy atom. The maximum atomic E-state index is 10.2. The van der Waals surface area contributed by atoms with E-state index in [0.29, 0.717) is 19.3 Å². The van der Waals surface area contributed by atoms with Crippen LogP contribution in [0, 0.1) is 5.41 Å². The Morgan fingerprint density at radius 3 is 2.38 bits per heavy atom. The fourth-order valence-electron chi connectivity index (χ4n) is 4.18. The molecule has 0 aromatic carbocycles. The van der Waals surface area contributed by atoms with Gasteiger partial charge in [0.25, 0.3) is 0 Å². The topological polar surface area (TPSA) is 120 Å². The van der Waals surface area contributed by atoms with E-state index >= 15 is 0 Å². The van der Waals surface area contributed by atoms with Crippen molar-refractivity contribution in [2.45, 2.75) is 96.3 Å². The Kier molecular flexibility index (Phi) is 7.23. The average molecular weight is 374 g/mol. The normalized spacial score (nSPS) is 39.1. The molecule has 7 nitrogen and oxygen atoms in total. The molecule has 0 unspecified atom stereocenters. The lowest BCUT2D eigenvalue weighted by molar-refractivity contribution is -0.313. The lowest BCUT2D eigenvalue weighted by Crippen LogP contribution is -2.59. The summed E-state index contributed by atoms with van der Waals surface area (Å²) in [4.78, 5) is 0. The minimum Gasteiger partial charge on any atom is -0.394 e. The third-order valence-corrected chi connectivity index (χ3v) is 5.59. The van der Waals surface area contributed by atoms with Crippen molar-refractivity contribution < 1.29 is 35.0 Å². The molecule has 0 radical (unpaired) electrons. The third kappa shape index (κ3) is 4.84. The number of aliphatic hydroxyl groups excluding tert-OH is 5. The maximum absolute atomic E-state index is 10.2. The van der Waals surface area contributed by atoms with E-state index in [1.165, 1.54) is 11.1 Å². The molecule has 1 aliphatic carbocycles. The Bertz CT molecular complexity index is 500. The minimum absolute atomic E-state index is 0.115. The molecule has 2 rings (SSSR count). The highest BCUT2D eigenvalue weighted by atomic mass is 16.7. The molecule has 7 atom stereocenters. The van der Waals surface area contributed by atoms with Crippen LogP contribution < -0.4 is 0 Å². The van der Waals surface area contributed by atoms with Gasteiger partial charge in [0, 0.05) is 0 Å². The summed E-state index contributed by atoms with van der Waals surface area (Å²) in [6.45, 7) is 7.65. The molecule has 1 fully saturated rings. The van der Waals surface area contributed by atoms with Crippen molar-refractivity contribution in [3.05, 3.63) is 11.1 Å². The molecule has 152 valence electrons.